The van der Waals surface area contributed by atoms with E-state index >= 15 is 0 Å². The zero-order valence-electron chi connectivity index (χ0n) is 13.7. The Labute approximate surface area is 144 Å². The number of nitrogens with one attached hydrogen (secondary N) is 1. The molecule has 3 nitrogen and oxygen atoms in total. The largest absolute Gasteiger partial charge is 0.416 e. The summed E-state index contributed by atoms with van der Waals surface area (Å²) in [6, 6.07) is 14.9. The molecule has 1 heterocycles. The van der Waals surface area contributed by atoms with Gasteiger partial charge < -0.3 is 5.32 Å². The second kappa shape index (κ2) is 7.01. The molecule has 3 aromatic rings. The van der Waals surface area contributed by atoms with E-state index < -0.39 is 11.7 Å². The third-order valence-electron chi connectivity index (χ3n) is 3.95. The minimum Gasteiger partial charge on any atom is -0.379 e. The number of hydrogen-bond donors (Lipinski definition) is 1. The van der Waals surface area contributed by atoms with Gasteiger partial charge in [-0.25, -0.2) is 0 Å². The smallest absolute Gasteiger partial charge is 0.379 e. The molecule has 1 N–H and O–H groups in total. The molecule has 0 fully saturated rings. The van der Waals surface area contributed by atoms with Crippen LogP contribution in [0.1, 0.15) is 29.7 Å². The molecule has 1 aromatic heterocycles. The Bertz CT molecular complexity index is 809. The molecule has 3 rings (SSSR count). The van der Waals surface area contributed by atoms with Gasteiger partial charge in [-0.2, -0.15) is 18.3 Å². The van der Waals surface area contributed by atoms with Gasteiger partial charge >= 0.3 is 6.18 Å². The van der Waals surface area contributed by atoms with E-state index in [0.717, 1.165) is 28.9 Å². The van der Waals surface area contributed by atoms with Gasteiger partial charge in [0.2, 0.25) is 0 Å². The van der Waals surface area contributed by atoms with Crippen LogP contribution < -0.4 is 5.32 Å². The summed E-state index contributed by atoms with van der Waals surface area (Å²) in [5, 5.41) is 7.51. The van der Waals surface area contributed by atoms with Crippen molar-refractivity contribution in [3.8, 4) is 0 Å². The van der Waals surface area contributed by atoms with Crippen LogP contribution in [0.25, 0.3) is 0 Å². The van der Waals surface area contributed by atoms with Crippen molar-refractivity contribution in [3.63, 3.8) is 0 Å². The Morgan fingerprint density at radius 3 is 2.48 bits per heavy atom. The number of hydrogen-bond acceptors (Lipinski definition) is 2. The molecule has 2 aromatic carbocycles. The van der Waals surface area contributed by atoms with Crippen LogP contribution in [0.4, 0.5) is 18.9 Å². The Morgan fingerprint density at radius 2 is 1.84 bits per heavy atom. The molecule has 0 saturated carbocycles. The first-order valence-electron chi connectivity index (χ1n) is 7.92. The van der Waals surface area contributed by atoms with Crippen LogP contribution >= 0.6 is 0 Å². The third kappa shape index (κ3) is 4.41. The number of benzene rings is 2. The SMILES string of the molecule is CC(Nc1cccc(Cn2cccn2)c1)c1ccc(C(F)(F)F)cc1. The monoisotopic (exact) mass is 345 g/mol. The molecule has 0 amide bonds. The highest BCUT2D eigenvalue weighted by molar-refractivity contribution is 5.48. The lowest BCUT2D eigenvalue weighted by atomic mass is 10.1. The van der Waals surface area contributed by atoms with Gasteiger partial charge in [-0.05, 0) is 48.4 Å². The van der Waals surface area contributed by atoms with Crippen LogP contribution in [0.15, 0.2) is 67.0 Å². The van der Waals surface area contributed by atoms with Gasteiger partial charge in [-0.1, -0.05) is 24.3 Å². The van der Waals surface area contributed by atoms with E-state index in [4.69, 9.17) is 0 Å². The van der Waals surface area contributed by atoms with E-state index in [9.17, 15) is 13.2 Å². The summed E-state index contributed by atoms with van der Waals surface area (Å²) in [6.07, 6.45) is -0.685. The standard InChI is InChI=1S/C19H18F3N3/c1-14(16-6-8-17(9-7-16)19(20,21)22)24-18-5-2-4-15(12-18)13-25-11-3-10-23-25/h2-12,14,24H,13H2,1H3. The topological polar surface area (TPSA) is 29.9 Å². The molecular formula is C19H18F3N3. The van der Waals surface area contributed by atoms with Gasteiger partial charge in [-0.15, -0.1) is 0 Å². The molecule has 1 atom stereocenters. The Kier molecular flexibility index (Phi) is 4.79. The van der Waals surface area contributed by atoms with E-state index in [0.29, 0.717) is 6.54 Å². The van der Waals surface area contributed by atoms with Crippen LogP contribution in [0.3, 0.4) is 0 Å². The van der Waals surface area contributed by atoms with E-state index in [1.165, 1.54) is 12.1 Å². The molecular weight excluding hydrogens is 327 g/mol. The average Bonchev–Trinajstić information content (AvgIpc) is 3.07. The van der Waals surface area contributed by atoms with Crippen molar-refractivity contribution in [1.82, 2.24) is 9.78 Å². The highest BCUT2D eigenvalue weighted by atomic mass is 19.4. The molecule has 25 heavy (non-hydrogen) atoms. The number of rotatable bonds is 5. The van der Waals surface area contributed by atoms with E-state index in [1.54, 1.807) is 6.20 Å². The second-order valence-corrected chi connectivity index (χ2v) is 5.89. The summed E-state index contributed by atoms with van der Waals surface area (Å²) in [6.45, 7) is 2.58. The quantitative estimate of drug-likeness (QED) is 0.695. The van der Waals surface area contributed by atoms with E-state index in [2.05, 4.69) is 10.4 Å². The summed E-state index contributed by atoms with van der Waals surface area (Å²) in [5.74, 6) is 0. The summed E-state index contributed by atoms with van der Waals surface area (Å²) in [4.78, 5) is 0. The first kappa shape index (κ1) is 17.1. The zero-order chi connectivity index (χ0) is 17.9. The number of anilines is 1. The maximum atomic E-state index is 12.6. The first-order valence-corrected chi connectivity index (χ1v) is 7.92. The minimum atomic E-state index is -4.31. The molecule has 1 unspecified atom stereocenters. The van der Waals surface area contributed by atoms with Crippen molar-refractivity contribution in [2.45, 2.75) is 25.7 Å². The van der Waals surface area contributed by atoms with E-state index in [1.807, 2.05) is 48.1 Å². The highest BCUT2D eigenvalue weighted by Gasteiger charge is 2.30. The average molecular weight is 345 g/mol. The van der Waals surface area contributed by atoms with Crippen molar-refractivity contribution in [2.75, 3.05) is 5.32 Å². The van der Waals surface area contributed by atoms with Gasteiger partial charge in [0.15, 0.2) is 0 Å². The lowest BCUT2D eigenvalue weighted by Gasteiger charge is -2.17. The van der Waals surface area contributed by atoms with Crippen molar-refractivity contribution in [1.29, 1.82) is 0 Å². The molecule has 0 aliphatic rings. The summed E-state index contributed by atoms with van der Waals surface area (Å²) >= 11 is 0. The predicted molar refractivity (Wildman–Crippen MR) is 91.3 cm³/mol. The summed E-state index contributed by atoms with van der Waals surface area (Å²) in [5.41, 5.74) is 2.17. The fourth-order valence-corrected chi connectivity index (χ4v) is 2.63. The van der Waals surface area contributed by atoms with Crippen LogP contribution in [0, 0.1) is 0 Å². The molecule has 0 aliphatic carbocycles. The van der Waals surface area contributed by atoms with Gasteiger partial charge in [0.05, 0.1) is 12.1 Å². The van der Waals surface area contributed by atoms with Crippen molar-refractivity contribution >= 4 is 5.69 Å². The maximum absolute atomic E-state index is 12.6. The minimum absolute atomic E-state index is 0.109. The summed E-state index contributed by atoms with van der Waals surface area (Å²) < 4.78 is 39.8. The van der Waals surface area contributed by atoms with Gasteiger partial charge in [0.25, 0.3) is 0 Å². The predicted octanol–water partition coefficient (Wildman–Crippen LogP) is 5.12. The first-order chi connectivity index (χ1) is 11.9. The molecule has 0 aliphatic heterocycles. The number of alkyl halides is 3. The Balaban J connectivity index is 1.69. The van der Waals surface area contributed by atoms with E-state index in [-0.39, 0.29) is 6.04 Å². The van der Waals surface area contributed by atoms with Crippen LogP contribution in [0.2, 0.25) is 0 Å². The highest BCUT2D eigenvalue weighted by Crippen LogP contribution is 2.30. The molecule has 6 heteroatoms. The molecule has 130 valence electrons. The third-order valence-corrected chi connectivity index (χ3v) is 3.95. The van der Waals surface area contributed by atoms with Gasteiger partial charge in [-0.3, -0.25) is 4.68 Å². The number of nitrogens with zero attached hydrogens (tertiary/aromatic N) is 2. The number of halogens is 3. The molecule has 0 saturated heterocycles. The molecule has 0 radical (unpaired) electrons. The van der Waals surface area contributed by atoms with Crippen molar-refractivity contribution in [3.05, 3.63) is 83.7 Å². The fourth-order valence-electron chi connectivity index (χ4n) is 2.63. The van der Waals surface area contributed by atoms with Crippen LogP contribution in [0.5, 0.6) is 0 Å². The lowest BCUT2D eigenvalue weighted by molar-refractivity contribution is -0.137. The Morgan fingerprint density at radius 1 is 1.08 bits per heavy atom. The normalized spacial score (nSPS) is 12.8. The van der Waals surface area contributed by atoms with Gasteiger partial charge in [0.1, 0.15) is 0 Å². The number of aromatic nitrogens is 2. The zero-order valence-corrected chi connectivity index (χ0v) is 13.7. The van der Waals surface area contributed by atoms with Gasteiger partial charge in [0, 0.05) is 24.1 Å². The molecule has 0 bridgehead atoms. The molecule has 0 spiro atoms. The Hall–Kier alpha value is -2.76. The van der Waals surface area contributed by atoms with Crippen molar-refractivity contribution in [2.24, 2.45) is 0 Å². The van der Waals surface area contributed by atoms with Crippen LogP contribution in [-0.2, 0) is 12.7 Å². The second-order valence-electron chi connectivity index (χ2n) is 5.89. The van der Waals surface area contributed by atoms with Crippen molar-refractivity contribution < 1.29 is 13.2 Å². The van der Waals surface area contributed by atoms with Crippen LogP contribution in [-0.4, -0.2) is 9.78 Å². The lowest BCUT2D eigenvalue weighted by Crippen LogP contribution is -2.09. The summed E-state index contributed by atoms with van der Waals surface area (Å²) in [7, 11) is 0. The maximum Gasteiger partial charge on any atom is 0.416 e. The fraction of sp³-hybridized carbons (Fsp3) is 0.211.